The van der Waals surface area contributed by atoms with Gasteiger partial charge in [0.25, 0.3) is 0 Å². The number of carbonyl (C=O) groups is 2. The van der Waals surface area contributed by atoms with E-state index < -0.39 is 23.1 Å². The molecular weight excluding hydrogens is 252 g/mol. The van der Waals surface area contributed by atoms with Crippen LogP contribution in [0, 0.1) is 5.41 Å². The zero-order valence-corrected chi connectivity index (χ0v) is 11.7. The highest BCUT2D eigenvalue weighted by molar-refractivity contribution is 5.85. The Balaban J connectivity index is 2.64. The molecule has 0 spiro atoms. The summed E-state index contributed by atoms with van der Waals surface area (Å²) in [5.74, 6) is -0.424. The third kappa shape index (κ3) is 3.59. The second kappa shape index (κ2) is 5.46. The number of hydrogen-bond donors (Lipinski definition) is 1. The fourth-order valence-corrected chi connectivity index (χ4v) is 1.91. The van der Waals surface area contributed by atoms with Gasteiger partial charge in [-0.1, -0.05) is 0 Å². The zero-order valence-electron chi connectivity index (χ0n) is 11.7. The molecule has 0 aromatic heterocycles. The Morgan fingerprint density at radius 3 is 2.42 bits per heavy atom. The van der Waals surface area contributed by atoms with Gasteiger partial charge in [0, 0.05) is 25.7 Å². The van der Waals surface area contributed by atoms with Gasteiger partial charge < -0.3 is 19.6 Å². The van der Waals surface area contributed by atoms with Crippen molar-refractivity contribution < 1.29 is 24.3 Å². The van der Waals surface area contributed by atoms with Crippen LogP contribution in [0.15, 0.2) is 5.16 Å². The second-order valence-electron chi connectivity index (χ2n) is 5.61. The van der Waals surface area contributed by atoms with Crippen LogP contribution in [-0.2, 0) is 14.3 Å². The molecule has 0 saturated carbocycles. The standard InChI is InChI=1S/C12H20N2O5/c1-11(2,3)19-10(16)14-7-12(8-14,5-6-13-17)9(15)18-4/h6,17H,5,7-8H2,1-4H3/b13-6+. The summed E-state index contributed by atoms with van der Waals surface area (Å²) in [5.41, 5.74) is -1.41. The van der Waals surface area contributed by atoms with Gasteiger partial charge in [0.15, 0.2) is 0 Å². The summed E-state index contributed by atoms with van der Waals surface area (Å²) in [6, 6.07) is 0. The molecule has 1 saturated heterocycles. The molecular formula is C12H20N2O5. The topological polar surface area (TPSA) is 88.4 Å². The molecule has 1 aliphatic rings. The average molecular weight is 272 g/mol. The van der Waals surface area contributed by atoms with E-state index in [1.165, 1.54) is 18.2 Å². The van der Waals surface area contributed by atoms with E-state index in [4.69, 9.17) is 14.7 Å². The lowest BCUT2D eigenvalue weighted by Crippen LogP contribution is -2.63. The van der Waals surface area contributed by atoms with Gasteiger partial charge in [-0.25, -0.2) is 4.79 Å². The summed E-state index contributed by atoms with van der Waals surface area (Å²) in [6.07, 6.45) is 0.978. The van der Waals surface area contributed by atoms with Crippen LogP contribution in [0.4, 0.5) is 4.79 Å². The third-order valence-corrected chi connectivity index (χ3v) is 2.82. The minimum absolute atomic E-state index is 0.195. The molecule has 7 nitrogen and oxygen atoms in total. The fourth-order valence-electron chi connectivity index (χ4n) is 1.91. The Labute approximate surface area is 112 Å². The molecule has 1 amide bonds. The van der Waals surface area contributed by atoms with Gasteiger partial charge in [-0.05, 0) is 20.8 Å². The van der Waals surface area contributed by atoms with Crippen LogP contribution < -0.4 is 0 Å². The molecule has 1 heterocycles. The first-order chi connectivity index (χ1) is 8.74. The van der Waals surface area contributed by atoms with Crippen LogP contribution in [0.1, 0.15) is 27.2 Å². The summed E-state index contributed by atoms with van der Waals surface area (Å²) in [4.78, 5) is 24.9. The number of rotatable bonds is 3. The molecule has 0 atom stereocenters. The first-order valence-electron chi connectivity index (χ1n) is 5.96. The Kier molecular flexibility index (Phi) is 4.39. The first kappa shape index (κ1) is 15.3. The molecule has 7 heteroatoms. The van der Waals surface area contributed by atoms with Crippen molar-refractivity contribution >= 4 is 18.3 Å². The molecule has 0 aromatic carbocycles. The Morgan fingerprint density at radius 2 is 2.00 bits per heavy atom. The predicted octanol–water partition coefficient (Wildman–Crippen LogP) is 1.25. The molecule has 0 unspecified atom stereocenters. The highest BCUT2D eigenvalue weighted by atomic mass is 16.6. The number of esters is 1. The van der Waals surface area contributed by atoms with Crippen molar-refractivity contribution in [2.45, 2.75) is 32.8 Å². The molecule has 1 rings (SSSR count). The van der Waals surface area contributed by atoms with Gasteiger partial charge >= 0.3 is 12.1 Å². The van der Waals surface area contributed by atoms with Crippen molar-refractivity contribution in [3.63, 3.8) is 0 Å². The first-order valence-corrected chi connectivity index (χ1v) is 5.96. The number of methoxy groups -OCH3 is 1. The average Bonchev–Trinajstić information content (AvgIpc) is 2.24. The van der Waals surface area contributed by atoms with Crippen LogP contribution >= 0.6 is 0 Å². The van der Waals surface area contributed by atoms with E-state index >= 15 is 0 Å². The highest BCUT2D eigenvalue weighted by Gasteiger charge is 2.52. The van der Waals surface area contributed by atoms with Gasteiger partial charge in [-0.15, -0.1) is 5.16 Å². The number of likely N-dealkylation sites (tertiary alicyclic amines) is 1. The van der Waals surface area contributed by atoms with Crippen molar-refractivity contribution in [3.05, 3.63) is 0 Å². The van der Waals surface area contributed by atoms with E-state index in [1.807, 2.05) is 0 Å². The molecule has 1 fully saturated rings. The monoisotopic (exact) mass is 272 g/mol. The predicted molar refractivity (Wildman–Crippen MR) is 67.2 cm³/mol. The lowest BCUT2D eigenvalue weighted by molar-refractivity contribution is -0.162. The van der Waals surface area contributed by atoms with Gasteiger partial charge in [0.2, 0.25) is 0 Å². The number of ether oxygens (including phenoxy) is 2. The maximum Gasteiger partial charge on any atom is 0.410 e. The van der Waals surface area contributed by atoms with E-state index in [0.29, 0.717) is 0 Å². The fraction of sp³-hybridized carbons (Fsp3) is 0.750. The van der Waals surface area contributed by atoms with Crippen LogP contribution in [-0.4, -0.2) is 54.2 Å². The number of hydrogen-bond acceptors (Lipinski definition) is 6. The van der Waals surface area contributed by atoms with Crippen molar-refractivity contribution in [2.24, 2.45) is 10.6 Å². The molecule has 0 bridgehead atoms. The zero-order chi connectivity index (χ0) is 14.7. The van der Waals surface area contributed by atoms with Crippen molar-refractivity contribution in [2.75, 3.05) is 20.2 Å². The highest BCUT2D eigenvalue weighted by Crippen LogP contribution is 2.35. The van der Waals surface area contributed by atoms with E-state index in [-0.39, 0.29) is 19.5 Å². The number of oxime groups is 1. The Bertz CT molecular complexity index is 380. The lowest BCUT2D eigenvalue weighted by Gasteiger charge is -2.46. The quantitative estimate of drug-likeness (QED) is 0.361. The largest absolute Gasteiger partial charge is 0.468 e. The van der Waals surface area contributed by atoms with Crippen LogP contribution in [0.5, 0.6) is 0 Å². The summed E-state index contributed by atoms with van der Waals surface area (Å²) in [6.45, 7) is 5.71. The summed E-state index contributed by atoms with van der Waals surface area (Å²) in [5, 5.41) is 11.3. The van der Waals surface area contributed by atoms with E-state index in [9.17, 15) is 9.59 Å². The third-order valence-electron chi connectivity index (χ3n) is 2.82. The lowest BCUT2D eigenvalue weighted by atomic mass is 9.77. The molecule has 1 aliphatic heterocycles. The smallest absolute Gasteiger partial charge is 0.410 e. The molecule has 0 radical (unpaired) electrons. The van der Waals surface area contributed by atoms with Crippen LogP contribution in [0.2, 0.25) is 0 Å². The van der Waals surface area contributed by atoms with Crippen molar-refractivity contribution in [3.8, 4) is 0 Å². The van der Waals surface area contributed by atoms with Gasteiger partial charge in [0.05, 0.1) is 7.11 Å². The molecule has 19 heavy (non-hydrogen) atoms. The molecule has 1 N–H and O–H groups in total. The minimum Gasteiger partial charge on any atom is -0.468 e. The van der Waals surface area contributed by atoms with Crippen molar-refractivity contribution in [1.82, 2.24) is 4.90 Å². The summed E-state index contributed by atoms with van der Waals surface area (Å²) < 4.78 is 9.93. The van der Waals surface area contributed by atoms with E-state index in [2.05, 4.69) is 5.16 Å². The second-order valence-corrected chi connectivity index (χ2v) is 5.61. The summed E-state index contributed by atoms with van der Waals surface area (Å²) in [7, 11) is 1.29. The number of amides is 1. The SMILES string of the molecule is COC(=O)C1(C/C=N/O)CN(C(=O)OC(C)(C)C)C1. The van der Waals surface area contributed by atoms with Crippen LogP contribution in [0.3, 0.4) is 0 Å². The maximum atomic E-state index is 11.8. The molecule has 108 valence electrons. The van der Waals surface area contributed by atoms with Crippen molar-refractivity contribution in [1.29, 1.82) is 0 Å². The van der Waals surface area contributed by atoms with Gasteiger partial charge in [-0.2, -0.15) is 0 Å². The summed E-state index contributed by atoms with van der Waals surface area (Å²) >= 11 is 0. The van der Waals surface area contributed by atoms with Crippen LogP contribution in [0.25, 0.3) is 0 Å². The molecule has 0 aliphatic carbocycles. The number of nitrogens with zero attached hydrogens (tertiary/aromatic N) is 2. The van der Waals surface area contributed by atoms with E-state index in [0.717, 1.165) is 0 Å². The van der Waals surface area contributed by atoms with E-state index in [1.54, 1.807) is 20.8 Å². The normalized spacial score (nSPS) is 18.0. The minimum atomic E-state index is -0.835. The van der Waals surface area contributed by atoms with Gasteiger partial charge in [-0.3, -0.25) is 4.79 Å². The maximum absolute atomic E-state index is 11.8. The molecule has 0 aromatic rings. The Morgan fingerprint density at radius 1 is 1.42 bits per heavy atom. The van der Waals surface area contributed by atoms with Gasteiger partial charge in [0.1, 0.15) is 11.0 Å². The Hall–Kier alpha value is -1.79. The number of carbonyl (C=O) groups excluding carboxylic acids is 2.